The van der Waals surface area contributed by atoms with Gasteiger partial charge in [0.1, 0.15) is 5.75 Å². The lowest BCUT2D eigenvalue weighted by atomic mass is 10.1. The number of nitrogens with one attached hydrogen (secondary N) is 1. The van der Waals surface area contributed by atoms with Crippen LogP contribution in [0.4, 0.5) is 5.69 Å². The Labute approximate surface area is 165 Å². The Morgan fingerprint density at radius 3 is 2.33 bits per heavy atom. The quantitative estimate of drug-likeness (QED) is 0.670. The van der Waals surface area contributed by atoms with Gasteiger partial charge in [-0.3, -0.25) is 9.59 Å². The van der Waals surface area contributed by atoms with Crippen molar-refractivity contribution in [1.82, 2.24) is 4.57 Å². The van der Waals surface area contributed by atoms with E-state index in [0.29, 0.717) is 22.1 Å². The molecule has 2 amide bonds. The molecule has 0 spiro atoms. The summed E-state index contributed by atoms with van der Waals surface area (Å²) >= 11 is 12.4. The summed E-state index contributed by atoms with van der Waals surface area (Å²) < 4.78 is 7.17. The Kier molecular flexibility index (Phi) is 5.39. The van der Waals surface area contributed by atoms with E-state index in [1.54, 1.807) is 6.07 Å². The fourth-order valence-corrected chi connectivity index (χ4v) is 3.11. The number of halogens is 2. The van der Waals surface area contributed by atoms with Gasteiger partial charge in [0.05, 0.1) is 34.0 Å². The topological polar surface area (TPSA) is 86.3 Å². The fraction of sp³-hybridized carbons (Fsp3) is 0.0526. The summed E-state index contributed by atoms with van der Waals surface area (Å²) in [5.41, 5.74) is 6.74. The van der Waals surface area contributed by atoms with E-state index in [2.05, 4.69) is 5.32 Å². The number of rotatable bonds is 5. The zero-order valence-electron chi connectivity index (χ0n) is 14.2. The summed E-state index contributed by atoms with van der Waals surface area (Å²) in [7, 11) is 1.47. The molecule has 3 rings (SSSR count). The molecule has 138 valence electrons. The number of anilines is 1. The van der Waals surface area contributed by atoms with Gasteiger partial charge in [0.25, 0.3) is 5.91 Å². The number of nitrogens with zero attached hydrogens (tertiary/aromatic N) is 1. The molecule has 0 bridgehead atoms. The summed E-state index contributed by atoms with van der Waals surface area (Å²) in [6.07, 6.45) is 3.67. The molecule has 8 heteroatoms. The van der Waals surface area contributed by atoms with Gasteiger partial charge >= 0.3 is 0 Å². The van der Waals surface area contributed by atoms with Gasteiger partial charge in [0.15, 0.2) is 0 Å². The summed E-state index contributed by atoms with van der Waals surface area (Å²) in [6, 6.07) is 11.4. The van der Waals surface area contributed by atoms with E-state index in [-0.39, 0.29) is 16.1 Å². The molecule has 0 fully saturated rings. The average Bonchev–Trinajstić information content (AvgIpc) is 3.15. The minimum absolute atomic E-state index is 0.147. The van der Waals surface area contributed by atoms with Crippen LogP contribution in [0.25, 0.3) is 5.69 Å². The average molecular weight is 404 g/mol. The number of carbonyl (C=O) groups excluding carboxylic acids is 2. The molecule has 3 aromatic rings. The molecule has 6 nitrogen and oxygen atoms in total. The van der Waals surface area contributed by atoms with Crippen molar-refractivity contribution in [3.05, 3.63) is 76.0 Å². The Morgan fingerprint density at radius 1 is 1.04 bits per heavy atom. The first-order valence-electron chi connectivity index (χ1n) is 7.82. The lowest BCUT2D eigenvalue weighted by Gasteiger charge is -2.14. The standard InChI is InChI=1S/C19H15Cl2N3O3/c1-27-17-10-16(24-6-2-3-7-24)15(21)9-13(17)19(26)23-11-4-5-12(18(22)25)14(20)8-11/h2-10H,1H3,(H2,22,25)(H,23,26). The highest BCUT2D eigenvalue weighted by Crippen LogP contribution is 2.31. The molecule has 0 aliphatic rings. The van der Waals surface area contributed by atoms with Crippen molar-refractivity contribution < 1.29 is 14.3 Å². The van der Waals surface area contributed by atoms with Crippen molar-refractivity contribution >= 4 is 40.7 Å². The van der Waals surface area contributed by atoms with Crippen LogP contribution in [0.15, 0.2) is 54.9 Å². The van der Waals surface area contributed by atoms with Crippen molar-refractivity contribution in [2.45, 2.75) is 0 Å². The Hall–Kier alpha value is -2.96. The normalized spacial score (nSPS) is 10.5. The SMILES string of the molecule is COc1cc(-n2cccc2)c(Cl)cc1C(=O)Nc1ccc(C(N)=O)c(Cl)c1. The number of primary amides is 1. The molecule has 3 N–H and O–H groups in total. The monoisotopic (exact) mass is 403 g/mol. The highest BCUT2D eigenvalue weighted by Gasteiger charge is 2.17. The number of benzene rings is 2. The largest absolute Gasteiger partial charge is 0.496 e. The van der Waals surface area contributed by atoms with Crippen molar-refractivity contribution in [1.29, 1.82) is 0 Å². The number of nitrogens with two attached hydrogens (primary N) is 1. The number of carbonyl (C=O) groups is 2. The van der Waals surface area contributed by atoms with Crippen molar-refractivity contribution in [3.8, 4) is 11.4 Å². The van der Waals surface area contributed by atoms with Gasteiger partial charge < -0.3 is 20.4 Å². The predicted octanol–water partition coefficient (Wildman–Crippen LogP) is 4.14. The highest BCUT2D eigenvalue weighted by atomic mass is 35.5. The van der Waals surface area contributed by atoms with Gasteiger partial charge in [-0.15, -0.1) is 0 Å². The molecule has 27 heavy (non-hydrogen) atoms. The van der Waals surface area contributed by atoms with E-state index in [1.165, 1.54) is 31.4 Å². The van der Waals surface area contributed by atoms with Crippen molar-refractivity contribution in [2.24, 2.45) is 5.73 Å². The van der Waals surface area contributed by atoms with Gasteiger partial charge in [0.2, 0.25) is 5.91 Å². The van der Waals surface area contributed by atoms with E-state index in [4.69, 9.17) is 33.7 Å². The van der Waals surface area contributed by atoms with E-state index in [9.17, 15) is 9.59 Å². The first kappa shape index (κ1) is 18.8. The third-order valence-corrected chi connectivity index (χ3v) is 4.50. The third-order valence-electron chi connectivity index (χ3n) is 3.89. The van der Waals surface area contributed by atoms with E-state index < -0.39 is 11.8 Å². The number of ether oxygens (including phenoxy) is 1. The van der Waals surface area contributed by atoms with Crippen LogP contribution in [0.5, 0.6) is 5.75 Å². The van der Waals surface area contributed by atoms with Crippen LogP contribution < -0.4 is 15.8 Å². The second kappa shape index (κ2) is 7.73. The highest BCUT2D eigenvalue weighted by molar-refractivity contribution is 6.34. The molecule has 0 atom stereocenters. The molecule has 0 aliphatic heterocycles. The summed E-state index contributed by atoms with van der Waals surface area (Å²) in [6.45, 7) is 0. The van der Waals surface area contributed by atoms with Crippen LogP contribution in [0.2, 0.25) is 10.0 Å². The zero-order valence-corrected chi connectivity index (χ0v) is 15.7. The lowest BCUT2D eigenvalue weighted by molar-refractivity contribution is 0.0998. The Balaban J connectivity index is 1.92. The Morgan fingerprint density at radius 2 is 1.74 bits per heavy atom. The molecule has 1 heterocycles. The molecule has 0 saturated carbocycles. The van der Waals surface area contributed by atoms with Gasteiger partial charge in [-0.2, -0.15) is 0 Å². The minimum atomic E-state index is -0.646. The zero-order chi connectivity index (χ0) is 19.6. The number of hydrogen-bond acceptors (Lipinski definition) is 3. The van der Waals surface area contributed by atoms with Crippen LogP contribution in [0.1, 0.15) is 20.7 Å². The summed E-state index contributed by atoms with van der Waals surface area (Å²) in [5, 5.41) is 3.24. The van der Waals surface area contributed by atoms with Crippen LogP contribution in [0, 0.1) is 0 Å². The molecular weight excluding hydrogens is 389 g/mol. The number of hydrogen-bond donors (Lipinski definition) is 2. The van der Waals surface area contributed by atoms with Crippen LogP contribution in [-0.4, -0.2) is 23.5 Å². The first-order valence-corrected chi connectivity index (χ1v) is 8.58. The van der Waals surface area contributed by atoms with Crippen molar-refractivity contribution in [2.75, 3.05) is 12.4 Å². The van der Waals surface area contributed by atoms with Gasteiger partial charge in [-0.25, -0.2) is 0 Å². The molecule has 2 aromatic carbocycles. The molecule has 0 unspecified atom stereocenters. The van der Waals surface area contributed by atoms with Crippen molar-refractivity contribution in [3.63, 3.8) is 0 Å². The number of amides is 2. The number of methoxy groups -OCH3 is 1. The Bertz CT molecular complexity index is 1020. The maximum absolute atomic E-state index is 12.7. The molecule has 0 aliphatic carbocycles. The van der Waals surface area contributed by atoms with Gasteiger partial charge in [-0.05, 0) is 36.4 Å². The lowest BCUT2D eigenvalue weighted by Crippen LogP contribution is -2.15. The van der Waals surface area contributed by atoms with Gasteiger partial charge in [-0.1, -0.05) is 23.2 Å². The smallest absolute Gasteiger partial charge is 0.259 e. The summed E-state index contributed by atoms with van der Waals surface area (Å²) in [5.74, 6) is -0.719. The second-order valence-corrected chi connectivity index (χ2v) is 6.42. The number of aromatic nitrogens is 1. The predicted molar refractivity (Wildman–Crippen MR) is 105 cm³/mol. The second-order valence-electron chi connectivity index (χ2n) is 5.61. The molecule has 0 saturated heterocycles. The molecular formula is C19H15Cl2N3O3. The molecule has 1 aromatic heterocycles. The van der Waals surface area contributed by atoms with Gasteiger partial charge in [0, 0.05) is 24.1 Å². The molecule has 0 radical (unpaired) electrons. The maximum atomic E-state index is 12.7. The fourth-order valence-electron chi connectivity index (χ4n) is 2.57. The summed E-state index contributed by atoms with van der Waals surface area (Å²) in [4.78, 5) is 23.9. The van der Waals surface area contributed by atoms with Crippen LogP contribution >= 0.6 is 23.2 Å². The van der Waals surface area contributed by atoms with Crippen LogP contribution in [-0.2, 0) is 0 Å². The van der Waals surface area contributed by atoms with E-state index >= 15 is 0 Å². The van der Waals surface area contributed by atoms with Crippen LogP contribution in [0.3, 0.4) is 0 Å². The third kappa shape index (κ3) is 3.92. The minimum Gasteiger partial charge on any atom is -0.496 e. The van der Waals surface area contributed by atoms with E-state index in [0.717, 1.165) is 0 Å². The van der Waals surface area contributed by atoms with E-state index in [1.807, 2.05) is 29.1 Å². The first-order chi connectivity index (χ1) is 12.9. The maximum Gasteiger partial charge on any atom is 0.259 e.